The van der Waals surface area contributed by atoms with Gasteiger partial charge in [0.15, 0.2) is 0 Å². The molecule has 0 atom stereocenters. The van der Waals surface area contributed by atoms with Crippen molar-refractivity contribution in [2.75, 3.05) is 0 Å². The summed E-state index contributed by atoms with van der Waals surface area (Å²) < 4.78 is 0. The molecule has 0 radical (unpaired) electrons. The predicted octanol–water partition coefficient (Wildman–Crippen LogP) is 9.74. The molecule has 6 aromatic carbocycles. The van der Waals surface area contributed by atoms with Gasteiger partial charge in [0, 0.05) is 32.8 Å². The zero-order chi connectivity index (χ0) is 28.5. The molecule has 2 aliphatic rings. The molecular weight excluding hydrogens is 560 g/mol. The molecule has 0 heterocycles. The molecule has 0 spiro atoms. The van der Waals surface area contributed by atoms with E-state index in [0.29, 0.717) is 11.1 Å². The molecule has 2 aliphatic carbocycles. The first-order valence-corrected chi connectivity index (χ1v) is 15.6. The van der Waals surface area contributed by atoms with E-state index in [1.807, 2.05) is 60.7 Å². The summed E-state index contributed by atoms with van der Waals surface area (Å²) in [5.41, 5.74) is 11.3. The van der Waals surface area contributed by atoms with Gasteiger partial charge in [0.2, 0.25) is 0 Å². The van der Waals surface area contributed by atoms with Gasteiger partial charge in [0.05, 0.1) is 0 Å². The first-order chi connectivity index (χ1) is 20.7. The molecule has 6 aromatic rings. The molecule has 0 aromatic heterocycles. The largest absolute Gasteiger partial charge is 0.507 e. The van der Waals surface area contributed by atoms with Crippen LogP contribution in [0.15, 0.2) is 97.1 Å². The van der Waals surface area contributed by atoms with Crippen LogP contribution in [0.5, 0.6) is 11.5 Å². The van der Waals surface area contributed by atoms with Crippen molar-refractivity contribution in [2.24, 2.45) is 0 Å². The number of hydrogen-bond donors (Lipinski definition) is 2. The summed E-state index contributed by atoms with van der Waals surface area (Å²) in [7, 11) is 0. The van der Waals surface area contributed by atoms with E-state index in [2.05, 4.69) is 24.3 Å². The Morgan fingerprint density at radius 2 is 0.907 bits per heavy atom. The van der Waals surface area contributed by atoms with E-state index in [1.54, 1.807) is 45.5 Å². The minimum Gasteiger partial charge on any atom is -0.507 e. The van der Waals surface area contributed by atoms with E-state index in [1.165, 1.54) is 64.2 Å². The second-order valence-electron chi connectivity index (χ2n) is 12.0. The van der Waals surface area contributed by atoms with Gasteiger partial charge in [-0.2, -0.15) is 45.5 Å². The Morgan fingerprint density at radius 1 is 0.488 bits per heavy atom. The smallest absolute Gasteiger partial charge is 0.124 e. The second kappa shape index (κ2) is 13.0. The Bertz CT molecular complexity index is 1730. The van der Waals surface area contributed by atoms with Gasteiger partial charge in [-0.05, 0) is 33.7 Å². The molecule has 0 fully saturated rings. The predicted molar refractivity (Wildman–Crippen MR) is 175 cm³/mol. The third-order valence-electron chi connectivity index (χ3n) is 9.50. The number of hydrogen-bond acceptors (Lipinski definition) is 2. The molecule has 216 valence electrons. The molecule has 0 saturated carbocycles. The first kappa shape index (κ1) is 29.5. The molecule has 3 heteroatoms. The molecule has 0 aliphatic heterocycles. The van der Waals surface area contributed by atoms with Crippen molar-refractivity contribution >= 4 is 21.5 Å². The SMILES string of the molecule is Oc1ccc2ccccc2c1-c1c(O)ccc2ccccc12.[Ti].c1c[c-](CC[c-]2ccc3c2CCCC3)c2c1CCCC2. The fraction of sp³-hybridized carbons (Fsp3) is 0.250. The number of phenolic OH excluding ortho intramolecular Hbond substituents is 2. The fourth-order valence-electron chi connectivity index (χ4n) is 7.35. The van der Waals surface area contributed by atoms with Crippen molar-refractivity contribution in [1.82, 2.24) is 0 Å². The average Bonchev–Trinajstić information content (AvgIpc) is 3.65. The van der Waals surface area contributed by atoms with Crippen LogP contribution in [0.2, 0.25) is 0 Å². The minimum atomic E-state index is 0. The number of fused-ring (bicyclic) bond motifs is 4. The number of aromatic hydroxyl groups is 2. The number of benzene rings is 4. The quantitative estimate of drug-likeness (QED) is 0.157. The van der Waals surface area contributed by atoms with E-state index < -0.39 is 0 Å². The van der Waals surface area contributed by atoms with E-state index in [9.17, 15) is 10.2 Å². The van der Waals surface area contributed by atoms with Crippen LogP contribution in [0.3, 0.4) is 0 Å². The van der Waals surface area contributed by atoms with Gasteiger partial charge < -0.3 is 10.2 Å². The van der Waals surface area contributed by atoms with Crippen LogP contribution in [0, 0.1) is 0 Å². The molecule has 0 unspecified atom stereocenters. The molecule has 0 bridgehead atoms. The third-order valence-corrected chi connectivity index (χ3v) is 9.50. The molecule has 8 rings (SSSR count). The number of rotatable bonds is 4. The Kier molecular flexibility index (Phi) is 8.89. The maximum Gasteiger partial charge on any atom is 0.124 e. The minimum absolute atomic E-state index is 0. The maximum absolute atomic E-state index is 10.4. The van der Waals surface area contributed by atoms with Crippen molar-refractivity contribution in [3.63, 3.8) is 0 Å². The summed E-state index contributed by atoms with van der Waals surface area (Å²) in [4.78, 5) is 0. The first-order valence-electron chi connectivity index (χ1n) is 15.6. The molecule has 0 saturated heterocycles. The fourth-order valence-corrected chi connectivity index (χ4v) is 7.35. The number of phenols is 2. The topological polar surface area (TPSA) is 40.5 Å². The molecule has 43 heavy (non-hydrogen) atoms. The van der Waals surface area contributed by atoms with Crippen molar-refractivity contribution in [2.45, 2.75) is 64.2 Å². The summed E-state index contributed by atoms with van der Waals surface area (Å²) in [6, 6.07) is 32.5. The zero-order valence-electron chi connectivity index (χ0n) is 24.7. The van der Waals surface area contributed by atoms with Crippen molar-refractivity contribution in [3.8, 4) is 22.6 Å². The Labute approximate surface area is 269 Å². The van der Waals surface area contributed by atoms with E-state index >= 15 is 0 Å². The van der Waals surface area contributed by atoms with Gasteiger partial charge in [-0.25, -0.2) is 12.1 Å². The summed E-state index contributed by atoms with van der Waals surface area (Å²) in [6.07, 6.45) is 13.4. The standard InChI is InChI=1S/C20H14O2.C20H24.Ti/c21-17-11-9-13-5-1-3-7-15(13)19(17)20-16-8-4-2-6-14(16)10-12-18(20)22;1-3-7-19-15(5-1)9-11-17(19)13-14-18-12-10-16-6-2-4-8-20(16)18;/h1-12,21-22H;9-12H,1-8,13-14H2;/q;-2;. The van der Waals surface area contributed by atoms with E-state index in [0.717, 1.165) is 21.5 Å². The van der Waals surface area contributed by atoms with Crippen LogP contribution >= 0.6 is 0 Å². The van der Waals surface area contributed by atoms with Crippen LogP contribution in [-0.4, -0.2) is 10.2 Å². The average molecular weight is 599 g/mol. The van der Waals surface area contributed by atoms with Gasteiger partial charge in [-0.3, -0.25) is 0 Å². The normalized spacial score (nSPS) is 14.0. The van der Waals surface area contributed by atoms with Crippen LogP contribution in [0.1, 0.15) is 59.1 Å². The summed E-state index contributed by atoms with van der Waals surface area (Å²) in [5, 5.41) is 24.8. The second-order valence-corrected chi connectivity index (χ2v) is 12.0. The Hall–Kier alpha value is -3.59. The van der Waals surface area contributed by atoms with Gasteiger partial charge in [0.1, 0.15) is 11.5 Å². The van der Waals surface area contributed by atoms with Crippen LogP contribution in [0.25, 0.3) is 32.7 Å². The number of aryl methyl sites for hydroxylation is 4. The summed E-state index contributed by atoms with van der Waals surface area (Å²) in [6.45, 7) is 0. The maximum atomic E-state index is 10.4. The molecule has 0 amide bonds. The van der Waals surface area contributed by atoms with Crippen LogP contribution in [-0.2, 0) is 60.2 Å². The molecular formula is C40H38O2Ti-2. The van der Waals surface area contributed by atoms with Crippen LogP contribution < -0.4 is 0 Å². The van der Waals surface area contributed by atoms with E-state index in [-0.39, 0.29) is 33.2 Å². The van der Waals surface area contributed by atoms with Gasteiger partial charge in [-0.15, -0.1) is 0 Å². The van der Waals surface area contributed by atoms with E-state index in [4.69, 9.17) is 0 Å². The van der Waals surface area contributed by atoms with Gasteiger partial charge in [0.25, 0.3) is 0 Å². The van der Waals surface area contributed by atoms with Crippen molar-refractivity contribution < 1.29 is 31.9 Å². The van der Waals surface area contributed by atoms with Gasteiger partial charge >= 0.3 is 0 Å². The zero-order valence-corrected chi connectivity index (χ0v) is 26.3. The van der Waals surface area contributed by atoms with Gasteiger partial charge in [-0.1, -0.05) is 125 Å². The summed E-state index contributed by atoms with van der Waals surface area (Å²) in [5.74, 6) is 0.343. The van der Waals surface area contributed by atoms with Crippen molar-refractivity contribution in [3.05, 3.63) is 130 Å². The van der Waals surface area contributed by atoms with Crippen LogP contribution in [0.4, 0.5) is 0 Å². The monoisotopic (exact) mass is 598 g/mol. The third kappa shape index (κ3) is 5.84. The Morgan fingerprint density at radius 3 is 1.37 bits per heavy atom. The van der Waals surface area contributed by atoms with Crippen molar-refractivity contribution in [1.29, 1.82) is 0 Å². The molecule has 2 N–H and O–H groups in total. The Balaban J connectivity index is 0.000000150. The summed E-state index contributed by atoms with van der Waals surface area (Å²) >= 11 is 0. The molecule has 2 nitrogen and oxygen atoms in total.